The minimum absolute atomic E-state index is 0.213. The van der Waals surface area contributed by atoms with Crippen LogP contribution in [0.15, 0.2) is 64.8 Å². The molecule has 0 saturated heterocycles. The lowest BCUT2D eigenvalue weighted by Crippen LogP contribution is -2.29. The Morgan fingerprint density at radius 2 is 1.88 bits per heavy atom. The highest BCUT2D eigenvalue weighted by atomic mass is 32.1. The van der Waals surface area contributed by atoms with Gasteiger partial charge in [-0.25, -0.2) is 9.48 Å². The molecule has 0 bridgehead atoms. The predicted octanol–water partition coefficient (Wildman–Crippen LogP) is 4.82. The quantitative estimate of drug-likeness (QED) is 0.384. The van der Waals surface area contributed by atoms with Gasteiger partial charge in [-0.3, -0.25) is 9.59 Å². The summed E-state index contributed by atoms with van der Waals surface area (Å²) < 4.78 is 6.35. The van der Waals surface area contributed by atoms with E-state index in [1.807, 2.05) is 49.4 Å². The van der Waals surface area contributed by atoms with Crippen molar-refractivity contribution in [1.82, 2.24) is 9.78 Å². The largest absolute Gasteiger partial charge is 0.462 e. The van der Waals surface area contributed by atoms with Crippen molar-refractivity contribution in [2.24, 2.45) is 0 Å². The van der Waals surface area contributed by atoms with E-state index in [1.165, 1.54) is 17.4 Å². The van der Waals surface area contributed by atoms with Crippen molar-refractivity contribution in [2.75, 3.05) is 11.9 Å². The summed E-state index contributed by atoms with van der Waals surface area (Å²) in [5.41, 5.74) is 2.05. The van der Waals surface area contributed by atoms with Gasteiger partial charge in [-0.1, -0.05) is 30.3 Å². The average Bonchev–Trinajstić information content (AvgIpc) is 3.42. The Balaban J connectivity index is 1.60. The number of aromatic nitrogens is 2. The zero-order chi connectivity index (χ0) is 23.4. The Labute approximate surface area is 198 Å². The summed E-state index contributed by atoms with van der Waals surface area (Å²) in [5, 5.41) is 9.28. The lowest BCUT2D eigenvalue weighted by molar-refractivity contribution is -0.116. The normalized spacial score (nSPS) is 10.7. The van der Waals surface area contributed by atoms with Crippen LogP contribution in [0.5, 0.6) is 0 Å². The summed E-state index contributed by atoms with van der Waals surface area (Å²) in [6.45, 7) is 3.65. The monoisotopic (exact) mass is 479 g/mol. The van der Waals surface area contributed by atoms with Gasteiger partial charge in [0.05, 0.1) is 11.5 Å². The second kappa shape index (κ2) is 9.93. The molecule has 7 nitrogen and oxygen atoms in total. The van der Waals surface area contributed by atoms with Gasteiger partial charge in [0.15, 0.2) is 0 Å². The number of ether oxygens (including phenoxy) is 1. The molecular weight excluding hydrogens is 458 g/mol. The fourth-order valence-corrected chi connectivity index (χ4v) is 5.06. The number of nitrogens with zero attached hydrogens (tertiary/aromatic N) is 2. The molecule has 0 aliphatic rings. The van der Waals surface area contributed by atoms with Crippen LogP contribution in [0.2, 0.25) is 0 Å². The maximum atomic E-state index is 12.8. The fourth-order valence-electron chi connectivity index (χ4n) is 3.25. The van der Waals surface area contributed by atoms with Crippen molar-refractivity contribution in [3.8, 4) is 21.7 Å². The van der Waals surface area contributed by atoms with Crippen LogP contribution in [-0.2, 0) is 16.1 Å². The minimum atomic E-state index is -0.516. The van der Waals surface area contributed by atoms with E-state index in [-0.39, 0.29) is 18.7 Å². The van der Waals surface area contributed by atoms with Crippen molar-refractivity contribution >= 4 is 39.6 Å². The molecular formula is C24H21N3O4S2. The molecule has 3 heterocycles. The van der Waals surface area contributed by atoms with Gasteiger partial charge in [0.2, 0.25) is 5.91 Å². The van der Waals surface area contributed by atoms with Crippen molar-refractivity contribution in [1.29, 1.82) is 0 Å². The summed E-state index contributed by atoms with van der Waals surface area (Å²) in [6.07, 6.45) is 0. The number of amides is 1. The summed E-state index contributed by atoms with van der Waals surface area (Å²) >= 11 is 2.79. The first-order valence-electron chi connectivity index (χ1n) is 10.2. The number of thiophene rings is 2. The Hall–Kier alpha value is -3.56. The van der Waals surface area contributed by atoms with Crippen molar-refractivity contribution in [2.45, 2.75) is 20.4 Å². The van der Waals surface area contributed by atoms with Crippen LogP contribution in [0.25, 0.3) is 21.7 Å². The average molecular weight is 480 g/mol. The van der Waals surface area contributed by atoms with E-state index in [4.69, 9.17) is 4.74 Å². The third-order valence-electron chi connectivity index (χ3n) is 4.76. The van der Waals surface area contributed by atoms with Gasteiger partial charge in [0, 0.05) is 21.9 Å². The minimum Gasteiger partial charge on any atom is -0.462 e. The van der Waals surface area contributed by atoms with Crippen LogP contribution in [0.1, 0.15) is 22.2 Å². The molecule has 0 atom stereocenters. The Morgan fingerprint density at radius 3 is 2.58 bits per heavy atom. The Kier molecular flexibility index (Phi) is 6.81. The molecule has 0 aliphatic carbocycles. The van der Waals surface area contributed by atoms with Crippen molar-refractivity contribution in [3.05, 3.63) is 80.8 Å². The molecule has 3 aromatic heterocycles. The molecule has 0 radical (unpaired) electrons. The zero-order valence-corrected chi connectivity index (χ0v) is 19.7. The van der Waals surface area contributed by atoms with Gasteiger partial charge in [-0.15, -0.1) is 22.7 Å². The maximum Gasteiger partial charge on any atom is 0.341 e. The smallest absolute Gasteiger partial charge is 0.341 e. The second-order valence-electron chi connectivity index (χ2n) is 7.11. The first kappa shape index (κ1) is 22.6. The predicted molar refractivity (Wildman–Crippen MR) is 131 cm³/mol. The van der Waals surface area contributed by atoms with E-state index < -0.39 is 11.9 Å². The van der Waals surface area contributed by atoms with Crippen LogP contribution in [0, 0.1) is 6.92 Å². The van der Waals surface area contributed by atoms with Gasteiger partial charge in [0.1, 0.15) is 22.8 Å². The molecule has 0 spiro atoms. The molecule has 4 rings (SSSR count). The molecule has 1 amide bonds. The fraction of sp³-hybridized carbons (Fsp3) is 0.167. The molecule has 0 saturated carbocycles. The SMILES string of the molecule is CCOC(=O)c1c(-c2ccccc2)csc1NC(=O)Cn1nc(-c2ccc(C)s2)ccc1=O. The number of carbonyl (C=O) groups is 2. The molecule has 168 valence electrons. The highest BCUT2D eigenvalue weighted by Gasteiger charge is 2.23. The number of carbonyl (C=O) groups excluding carboxylic acids is 2. The molecule has 9 heteroatoms. The van der Waals surface area contributed by atoms with Crippen LogP contribution < -0.4 is 10.9 Å². The van der Waals surface area contributed by atoms with Crippen molar-refractivity contribution < 1.29 is 14.3 Å². The molecule has 4 aromatic rings. The van der Waals surface area contributed by atoms with E-state index in [0.29, 0.717) is 21.8 Å². The van der Waals surface area contributed by atoms with Gasteiger partial charge in [-0.05, 0) is 37.6 Å². The number of anilines is 1. The highest BCUT2D eigenvalue weighted by molar-refractivity contribution is 7.15. The summed E-state index contributed by atoms with van der Waals surface area (Å²) in [4.78, 5) is 39.8. The van der Waals surface area contributed by atoms with Gasteiger partial charge >= 0.3 is 5.97 Å². The van der Waals surface area contributed by atoms with E-state index in [2.05, 4.69) is 10.4 Å². The van der Waals surface area contributed by atoms with Gasteiger partial charge in [0.25, 0.3) is 5.56 Å². The summed E-state index contributed by atoms with van der Waals surface area (Å²) in [6, 6.07) is 16.4. The lowest BCUT2D eigenvalue weighted by atomic mass is 10.0. The van der Waals surface area contributed by atoms with E-state index in [9.17, 15) is 14.4 Å². The van der Waals surface area contributed by atoms with Crippen LogP contribution in [-0.4, -0.2) is 28.3 Å². The second-order valence-corrected chi connectivity index (χ2v) is 9.28. The topological polar surface area (TPSA) is 90.3 Å². The maximum absolute atomic E-state index is 12.8. The number of benzene rings is 1. The van der Waals surface area contributed by atoms with Gasteiger partial charge in [-0.2, -0.15) is 5.10 Å². The number of hydrogen-bond donors (Lipinski definition) is 1. The molecule has 1 aromatic carbocycles. The number of nitrogens with one attached hydrogen (secondary N) is 1. The molecule has 33 heavy (non-hydrogen) atoms. The number of rotatable bonds is 7. The van der Waals surface area contributed by atoms with Crippen LogP contribution in [0.3, 0.4) is 0 Å². The molecule has 0 fully saturated rings. The number of hydrogen-bond acceptors (Lipinski definition) is 7. The van der Waals surface area contributed by atoms with Gasteiger partial charge < -0.3 is 10.1 Å². The number of aryl methyl sites for hydroxylation is 1. The number of esters is 1. The molecule has 1 N–H and O–H groups in total. The third kappa shape index (κ3) is 5.10. The van der Waals surface area contributed by atoms with E-state index in [1.54, 1.807) is 29.7 Å². The molecule has 0 aliphatic heterocycles. The van der Waals surface area contributed by atoms with E-state index >= 15 is 0 Å². The summed E-state index contributed by atoms with van der Waals surface area (Å²) in [5.74, 6) is -0.977. The van der Waals surface area contributed by atoms with E-state index in [0.717, 1.165) is 20.0 Å². The van der Waals surface area contributed by atoms with Crippen LogP contribution >= 0.6 is 22.7 Å². The standard InChI is InChI=1S/C24H21N3O4S2/c1-3-31-24(30)22-17(16-7-5-4-6-8-16)14-32-23(22)25-20(28)13-27-21(29)12-10-18(26-27)19-11-9-15(2)33-19/h4-12,14H,3,13H2,1-2H3,(H,25,28). The molecule has 0 unspecified atom stereocenters. The first-order chi connectivity index (χ1) is 16.0. The van der Waals surface area contributed by atoms with Crippen LogP contribution in [0.4, 0.5) is 5.00 Å². The Bertz CT molecular complexity index is 1360. The van der Waals surface area contributed by atoms with Crippen molar-refractivity contribution in [3.63, 3.8) is 0 Å². The zero-order valence-electron chi connectivity index (χ0n) is 18.0. The lowest BCUT2D eigenvalue weighted by Gasteiger charge is -2.10. The summed E-state index contributed by atoms with van der Waals surface area (Å²) in [7, 11) is 0. The third-order valence-corrected chi connectivity index (χ3v) is 6.68. The Morgan fingerprint density at radius 1 is 1.09 bits per heavy atom. The first-order valence-corrected chi connectivity index (χ1v) is 11.9. The highest BCUT2D eigenvalue weighted by Crippen LogP contribution is 2.36.